The molecule has 0 aromatic carbocycles. The first-order valence-electron chi connectivity index (χ1n) is 40.8. The van der Waals surface area contributed by atoms with E-state index in [4.69, 9.17) is 4.74 Å². The first-order valence-corrected chi connectivity index (χ1v) is 40.8. The van der Waals surface area contributed by atoms with Crippen LogP contribution in [-0.4, -0.2) is 47.4 Å². The summed E-state index contributed by atoms with van der Waals surface area (Å²) in [5.41, 5.74) is 0. The van der Waals surface area contributed by atoms with Crippen molar-refractivity contribution < 1.29 is 24.5 Å². The van der Waals surface area contributed by atoms with Crippen LogP contribution in [0.4, 0.5) is 0 Å². The lowest BCUT2D eigenvalue weighted by Gasteiger charge is -2.20. The average molecular weight is 1250 g/mol. The Labute approximate surface area is 557 Å². The third-order valence-electron chi connectivity index (χ3n) is 19.2. The maximum absolute atomic E-state index is 12.6. The molecule has 6 nitrogen and oxygen atoms in total. The van der Waals surface area contributed by atoms with Crippen molar-refractivity contribution >= 4 is 11.9 Å². The van der Waals surface area contributed by atoms with Crippen LogP contribution in [0.5, 0.6) is 0 Å². The largest absolute Gasteiger partial charge is 0.466 e. The number of carbonyl (C=O) groups is 2. The number of unbranched alkanes of at least 4 members (excludes halogenated alkanes) is 62. The Kier molecular flexibility index (Phi) is 76.8. The summed E-state index contributed by atoms with van der Waals surface area (Å²) >= 11 is 0. The van der Waals surface area contributed by atoms with Crippen molar-refractivity contribution in [1.82, 2.24) is 5.32 Å². The zero-order chi connectivity index (χ0) is 64.2. The molecule has 0 bridgehead atoms. The van der Waals surface area contributed by atoms with Crippen LogP contribution in [0.3, 0.4) is 0 Å². The molecule has 0 radical (unpaired) electrons. The van der Waals surface area contributed by atoms with Gasteiger partial charge in [-0.1, -0.05) is 416 Å². The van der Waals surface area contributed by atoms with Gasteiger partial charge in [-0.25, -0.2) is 0 Å². The second-order valence-corrected chi connectivity index (χ2v) is 28.1. The van der Waals surface area contributed by atoms with Crippen molar-refractivity contribution in [1.29, 1.82) is 0 Å². The second-order valence-electron chi connectivity index (χ2n) is 28.1. The number of rotatable bonds is 77. The molecule has 0 aliphatic rings. The Hall–Kier alpha value is -1.92. The highest BCUT2D eigenvalue weighted by Gasteiger charge is 2.18. The van der Waals surface area contributed by atoms with Crippen molar-refractivity contribution in [2.75, 3.05) is 13.2 Å². The molecule has 0 rings (SSSR count). The van der Waals surface area contributed by atoms with Crippen LogP contribution in [0.15, 0.2) is 36.5 Å². The maximum atomic E-state index is 12.6. The number of esters is 1. The number of hydrogen-bond donors (Lipinski definition) is 3. The van der Waals surface area contributed by atoms with Gasteiger partial charge in [0.2, 0.25) is 5.91 Å². The zero-order valence-corrected chi connectivity index (χ0v) is 60.4. The number of nitrogens with one attached hydrogen (secondary N) is 1. The molecule has 526 valence electrons. The van der Waals surface area contributed by atoms with E-state index in [0.29, 0.717) is 19.4 Å². The molecule has 2 unspecified atom stereocenters. The number of amides is 1. The predicted molar refractivity (Wildman–Crippen MR) is 393 cm³/mol. The van der Waals surface area contributed by atoms with Crippen molar-refractivity contribution in [3.63, 3.8) is 0 Å². The normalized spacial score (nSPS) is 12.6. The number of aliphatic hydroxyl groups is 2. The van der Waals surface area contributed by atoms with Gasteiger partial charge in [0.25, 0.3) is 0 Å². The summed E-state index contributed by atoms with van der Waals surface area (Å²) in [5, 5.41) is 23.3. The standard InChI is InChI=1S/C83H159NO5/c1-3-5-7-9-11-13-15-17-19-20-21-22-23-33-36-39-42-45-48-51-55-59-63-67-71-75-81(86)80(79-85)84-82(87)76-72-68-64-60-56-52-49-46-43-40-37-34-31-29-27-25-24-26-28-30-32-35-38-41-44-47-50-54-58-62-66-70-74-78-89-83(88)77-73-69-65-61-57-53-18-16-14-12-10-8-6-4-2/h28,30,35,38,71,75,80-81,85-86H,3-27,29,31-34,36-37,39-70,72-74,76-79H2,1-2H3,(H,84,87)/b30-28-,38-35-,75-71+. The fourth-order valence-corrected chi connectivity index (χ4v) is 13.0. The monoisotopic (exact) mass is 1250 g/mol. The predicted octanol–water partition coefficient (Wildman–Crippen LogP) is 27.0. The van der Waals surface area contributed by atoms with Gasteiger partial charge in [-0.05, 0) is 64.2 Å². The number of hydrogen-bond acceptors (Lipinski definition) is 5. The minimum atomic E-state index is -0.845. The number of aliphatic hydroxyl groups excluding tert-OH is 2. The molecule has 0 aromatic heterocycles. The van der Waals surface area contributed by atoms with E-state index in [2.05, 4.69) is 43.5 Å². The van der Waals surface area contributed by atoms with Crippen LogP contribution >= 0.6 is 0 Å². The summed E-state index contributed by atoms with van der Waals surface area (Å²) in [6.07, 6.45) is 103. The highest BCUT2D eigenvalue weighted by molar-refractivity contribution is 5.76. The lowest BCUT2D eigenvalue weighted by molar-refractivity contribution is -0.143. The minimum absolute atomic E-state index is 0.0170. The molecule has 0 saturated heterocycles. The lowest BCUT2D eigenvalue weighted by Crippen LogP contribution is -2.45. The Bertz CT molecular complexity index is 1440. The van der Waals surface area contributed by atoms with Crippen LogP contribution in [0, 0.1) is 0 Å². The molecular formula is C83H159NO5. The quantitative estimate of drug-likeness (QED) is 0.0320. The second kappa shape index (κ2) is 78.5. The van der Waals surface area contributed by atoms with E-state index < -0.39 is 12.1 Å². The van der Waals surface area contributed by atoms with Crippen molar-refractivity contribution in [3.8, 4) is 0 Å². The van der Waals surface area contributed by atoms with E-state index in [-0.39, 0.29) is 18.5 Å². The first-order chi connectivity index (χ1) is 44.0. The zero-order valence-electron chi connectivity index (χ0n) is 60.4. The molecule has 0 fully saturated rings. The van der Waals surface area contributed by atoms with E-state index in [1.807, 2.05) is 6.08 Å². The van der Waals surface area contributed by atoms with Crippen molar-refractivity contribution in [2.24, 2.45) is 0 Å². The van der Waals surface area contributed by atoms with E-state index in [0.717, 1.165) is 44.9 Å². The summed E-state index contributed by atoms with van der Waals surface area (Å²) in [4.78, 5) is 24.6. The molecule has 6 heteroatoms. The van der Waals surface area contributed by atoms with Crippen LogP contribution in [0.2, 0.25) is 0 Å². The topological polar surface area (TPSA) is 95.9 Å². The first kappa shape index (κ1) is 87.1. The molecule has 0 heterocycles. The Morgan fingerprint density at radius 2 is 0.562 bits per heavy atom. The Morgan fingerprint density at radius 3 is 0.854 bits per heavy atom. The van der Waals surface area contributed by atoms with Gasteiger partial charge in [0.15, 0.2) is 0 Å². The third-order valence-corrected chi connectivity index (χ3v) is 19.2. The van der Waals surface area contributed by atoms with Gasteiger partial charge in [-0.2, -0.15) is 0 Å². The van der Waals surface area contributed by atoms with Crippen LogP contribution in [-0.2, 0) is 14.3 Å². The highest BCUT2D eigenvalue weighted by atomic mass is 16.5. The summed E-state index contributed by atoms with van der Waals surface area (Å²) < 4.78 is 5.50. The van der Waals surface area contributed by atoms with Gasteiger partial charge in [0.1, 0.15) is 0 Å². The fraction of sp³-hybridized carbons (Fsp3) is 0.904. The highest BCUT2D eigenvalue weighted by Crippen LogP contribution is 2.20. The average Bonchev–Trinajstić information content (AvgIpc) is 3.58. The molecule has 0 saturated carbocycles. The number of allylic oxidation sites excluding steroid dienone is 5. The summed E-state index contributed by atoms with van der Waals surface area (Å²) in [6, 6.07) is -0.628. The maximum Gasteiger partial charge on any atom is 0.305 e. The molecule has 89 heavy (non-hydrogen) atoms. The Morgan fingerprint density at radius 1 is 0.315 bits per heavy atom. The van der Waals surface area contributed by atoms with Gasteiger partial charge >= 0.3 is 5.97 Å². The Balaban J connectivity index is 3.40. The van der Waals surface area contributed by atoms with E-state index >= 15 is 0 Å². The minimum Gasteiger partial charge on any atom is -0.466 e. The molecule has 2 atom stereocenters. The fourth-order valence-electron chi connectivity index (χ4n) is 13.0. The van der Waals surface area contributed by atoms with Gasteiger partial charge in [-0.3, -0.25) is 9.59 Å². The van der Waals surface area contributed by atoms with Gasteiger partial charge < -0.3 is 20.3 Å². The lowest BCUT2D eigenvalue weighted by atomic mass is 10.0. The van der Waals surface area contributed by atoms with Crippen molar-refractivity contribution in [3.05, 3.63) is 36.5 Å². The van der Waals surface area contributed by atoms with Crippen LogP contribution in [0.25, 0.3) is 0 Å². The number of carbonyl (C=O) groups excluding carboxylic acids is 2. The van der Waals surface area contributed by atoms with Gasteiger partial charge in [-0.15, -0.1) is 0 Å². The van der Waals surface area contributed by atoms with E-state index in [1.54, 1.807) is 6.08 Å². The summed E-state index contributed by atoms with van der Waals surface area (Å²) in [6.45, 7) is 4.95. The molecule has 0 aromatic rings. The van der Waals surface area contributed by atoms with Gasteiger partial charge in [0.05, 0.1) is 25.4 Å². The molecule has 0 spiro atoms. The molecule has 0 aliphatic carbocycles. The third kappa shape index (κ3) is 75.0. The van der Waals surface area contributed by atoms with E-state index in [9.17, 15) is 19.8 Å². The van der Waals surface area contributed by atoms with Crippen LogP contribution in [0.1, 0.15) is 457 Å². The van der Waals surface area contributed by atoms with Crippen LogP contribution < -0.4 is 5.32 Å². The molecule has 0 aliphatic heterocycles. The SMILES string of the molecule is CCCCCCCCCCCCCCCCCCCCCCCCC/C=C/C(O)C(CO)NC(=O)CCCCCCCCCCCCCCCCCCC/C=C\C/C=C\CCCCCCCCCCCOC(=O)CCCCCCCCCCCCCCCC. The van der Waals surface area contributed by atoms with Crippen molar-refractivity contribution in [2.45, 2.75) is 469 Å². The summed E-state index contributed by atoms with van der Waals surface area (Å²) in [7, 11) is 0. The summed E-state index contributed by atoms with van der Waals surface area (Å²) in [5.74, 6) is -0.0438. The molecule has 1 amide bonds. The smallest absolute Gasteiger partial charge is 0.305 e. The van der Waals surface area contributed by atoms with E-state index in [1.165, 1.54) is 385 Å². The molecule has 3 N–H and O–H groups in total. The molecular weight excluding hydrogens is 1090 g/mol. The number of ether oxygens (including phenoxy) is 1. The van der Waals surface area contributed by atoms with Gasteiger partial charge in [0, 0.05) is 12.8 Å².